The third kappa shape index (κ3) is 3.84. The Labute approximate surface area is 123 Å². The number of nitrogens with one attached hydrogen (secondary N) is 1. The number of rotatable bonds is 5. The van der Waals surface area contributed by atoms with E-state index >= 15 is 0 Å². The molecule has 1 N–H and O–H groups in total. The molecule has 102 valence electrons. The lowest BCUT2D eigenvalue weighted by atomic mass is 10.1. The van der Waals surface area contributed by atoms with Crippen LogP contribution in [0.2, 0.25) is 0 Å². The predicted octanol–water partition coefficient (Wildman–Crippen LogP) is 4.84. The highest BCUT2D eigenvalue weighted by Gasteiger charge is 2.10. The van der Waals surface area contributed by atoms with Gasteiger partial charge in [-0.3, -0.25) is 0 Å². The standard InChI is InChI=1S/C14H14BrF2NS/c1-9-11(6-18-7-13(16)17)8-19-14(9)10-2-4-12(15)5-3-10/h2-5,8,13,18H,6-7H2,1H3. The van der Waals surface area contributed by atoms with Gasteiger partial charge in [0.1, 0.15) is 0 Å². The van der Waals surface area contributed by atoms with E-state index in [1.54, 1.807) is 11.3 Å². The number of hydrogen-bond acceptors (Lipinski definition) is 2. The third-order valence-electron chi connectivity index (χ3n) is 2.86. The second-order valence-electron chi connectivity index (χ2n) is 4.24. The van der Waals surface area contributed by atoms with E-state index in [4.69, 9.17) is 0 Å². The number of benzene rings is 1. The van der Waals surface area contributed by atoms with Gasteiger partial charge < -0.3 is 5.32 Å². The maximum atomic E-state index is 12.1. The molecule has 1 heterocycles. The molecule has 0 amide bonds. The zero-order valence-electron chi connectivity index (χ0n) is 10.4. The van der Waals surface area contributed by atoms with Gasteiger partial charge in [-0.15, -0.1) is 11.3 Å². The molecule has 0 aliphatic heterocycles. The largest absolute Gasteiger partial charge is 0.307 e. The molecular formula is C14H14BrF2NS. The minimum absolute atomic E-state index is 0.261. The number of halogens is 3. The fraction of sp³-hybridized carbons (Fsp3) is 0.286. The van der Waals surface area contributed by atoms with E-state index in [0.29, 0.717) is 6.54 Å². The third-order valence-corrected chi connectivity index (χ3v) is 4.57. The van der Waals surface area contributed by atoms with E-state index in [0.717, 1.165) is 21.2 Å². The minimum Gasteiger partial charge on any atom is -0.307 e. The summed E-state index contributed by atoms with van der Waals surface area (Å²) in [6, 6.07) is 8.12. The maximum absolute atomic E-state index is 12.1. The van der Waals surface area contributed by atoms with E-state index in [2.05, 4.69) is 33.4 Å². The molecule has 1 aromatic carbocycles. The summed E-state index contributed by atoms with van der Waals surface area (Å²) in [5.41, 5.74) is 3.41. The van der Waals surface area contributed by atoms with E-state index in [9.17, 15) is 8.78 Å². The highest BCUT2D eigenvalue weighted by Crippen LogP contribution is 2.32. The number of alkyl halides is 2. The number of thiophene rings is 1. The van der Waals surface area contributed by atoms with Crippen molar-refractivity contribution in [2.45, 2.75) is 19.9 Å². The Morgan fingerprint density at radius 2 is 1.95 bits per heavy atom. The van der Waals surface area contributed by atoms with Crippen molar-refractivity contribution in [1.29, 1.82) is 0 Å². The normalized spacial score (nSPS) is 11.2. The molecule has 1 nitrogen and oxygen atoms in total. The van der Waals surface area contributed by atoms with Gasteiger partial charge in [0.15, 0.2) is 0 Å². The van der Waals surface area contributed by atoms with Crippen LogP contribution in [0.25, 0.3) is 10.4 Å². The Morgan fingerprint density at radius 3 is 2.58 bits per heavy atom. The molecule has 0 radical (unpaired) electrons. The second-order valence-corrected chi connectivity index (χ2v) is 6.04. The van der Waals surface area contributed by atoms with Crippen LogP contribution in [0.15, 0.2) is 34.1 Å². The Balaban J connectivity index is 2.11. The van der Waals surface area contributed by atoms with Crippen molar-refractivity contribution in [3.05, 3.63) is 45.2 Å². The van der Waals surface area contributed by atoms with Gasteiger partial charge in [0, 0.05) is 15.9 Å². The molecule has 0 bridgehead atoms. The van der Waals surface area contributed by atoms with Crippen molar-refractivity contribution >= 4 is 27.3 Å². The van der Waals surface area contributed by atoms with Crippen LogP contribution in [0, 0.1) is 6.92 Å². The monoisotopic (exact) mass is 345 g/mol. The zero-order valence-corrected chi connectivity index (χ0v) is 12.8. The first-order valence-corrected chi connectivity index (χ1v) is 7.57. The van der Waals surface area contributed by atoms with Crippen LogP contribution in [-0.2, 0) is 6.54 Å². The quantitative estimate of drug-likeness (QED) is 0.817. The molecule has 2 rings (SSSR count). The van der Waals surface area contributed by atoms with Gasteiger partial charge in [-0.1, -0.05) is 28.1 Å². The molecule has 0 atom stereocenters. The van der Waals surface area contributed by atoms with Gasteiger partial charge in [0.2, 0.25) is 0 Å². The lowest BCUT2D eigenvalue weighted by molar-refractivity contribution is 0.145. The van der Waals surface area contributed by atoms with Crippen LogP contribution in [0.4, 0.5) is 8.78 Å². The summed E-state index contributed by atoms with van der Waals surface area (Å²) in [6.07, 6.45) is -2.30. The van der Waals surface area contributed by atoms with Gasteiger partial charge in [-0.2, -0.15) is 0 Å². The zero-order chi connectivity index (χ0) is 13.8. The van der Waals surface area contributed by atoms with E-state index in [1.165, 1.54) is 4.88 Å². The predicted molar refractivity (Wildman–Crippen MR) is 79.9 cm³/mol. The van der Waals surface area contributed by atoms with Crippen molar-refractivity contribution < 1.29 is 8.78 Å². The minimum atomic E-state index is -2.30. The summed E-state index contributed by atoms with van der Waals surface area (Å²) < 4.78 is 25.2. The van der Waals surface area contributed by atoms with Crippen LogP contribution >= 0.6 is 27.3 Å². The summed E-state index contributed by atoms with van der Waals surface area (Å²) >= 11 is 5.06. The lowest BCUT2D eigenvalue weighted by Crippen LogP contribution is -2.20. The topological polar surface area (TPSA) is 12.0 Å². The van der Waals surface area contributed by atoms with Crippen molar-refractivity contribution in [1.82, 2.24) is 5.32 Å². The van der Waals surface area contributed by atoms with Crippen molar-refractivity contribution in [3.8, 4) is 10.4 Å². The average Bonchev–Trinajstić information content (AvgIpc) is 2.72. The molecule has 2 aromatic rings. The Hall–Kier alpha value is -0.780. The fourth-order valence-corrected chi connectivity index (χ4v) is 3.19. The molecular weight excluding hydrogens is 332 g/mol. The maximum Gasteiger partial charge on any atom is 0.250 e. The summed E-state index contributed by atoms with van der Waals surface area (Å²) in [6.45, 7) is 2.26. The molecule has 0 saturated carbocycles. The Bertz CT molecular complexity index is 537. The van der Waals surface area contributed by atoms with E-state index in [-0.39, 0.29) is 6.54 Å². The summed E-state index contributed by atoms with van der Waals surface area (Å²) in [7, 11) is 0. The van der Waals surface area contributed by atoms with Crippen LogP contribution in [0.5, 0.6) is 0 Å². The highest BCUT2D eigenvalue weighted by molar-refractivity contribution is 9.10. The number of hydrogen-bond donors (Lipinski definition) is 1. The van der Waals surface area contributed by atoms with Gasteiger partial charge in [0.05, 0.1) is 6.54 Å². The summed E-state index contributed by atoms with van der Waals surface area (Å²) in [4.78, 5) is 1.20. The smallest absolute Gasteiger partial charge is 0.250 e. The highest BCUT2D eigenvalue weighted by atomic mass is 79.9. The second kappa shape index (κ2) is 6.59. The van der Waals surface area contributed by atoms with Crippen molar-refractivity contribution in [2.24, 2.45) is 0 Å². The molecule has 0 unspecified atom stereocenters. The SMILES string of the molecule is Cc1c(CNCC(F)F)csc1-c1ccc(Br)cc1. The average molecular weight is 346 g/mol. The van der Waals surface area contributed by atoms with Gasteiger partial charge in [-0.05, 0) is 41.1 Å². The molecule has 0 aliphatic rings. The summed E-state index contributed by atoms with van der Waals surface area (Å²) in [5, 5.41) is 4.80. The van der Waals surface area contributed by atoms with Crippen LogP contribution in [-0.4, -0.2) is 13.0 Å². The van der Waals surface area contributed by atoms with E-state index < -0.39 is 6.43 Å². The van der Waals surface area contributed by atoms with E-state index in [1.807, 2.05) is 24.4 Å². The molecule has 0 fully saturated rings. The molecule has 5 heteroatoms. The van der Waals surface area contributed by atoms with Crippen molar-refractivity contribution in [2.75, 3.05) is 6.54 Å². The first-order valence-electron chi connectivity index (χ1n) is 5.89. The first-order chi connectivity index (χ1) is 9.08. The van der Waals surface area contributed by atoms with Gasteiger partial charge in [0.25, 0.3) is 6.43 Å². The molecule has 19 heavy (non-hydrogen) atoms. The Kier molecular flexibility index (Phi) is 5.07. The molecule has 1 aromatic heterocycles. The Morgan fingerprint density at radius 1 is 1.26 bits per heavy atom. The lowest BCUT2D eigenvalue weighted by Gasteiger charge is -2.05. The molecule has 0 aliphatic carbocycles. The first kappa shape index (κ1) is 14.6. The van der Waals surface area contributed by atoms with Crippen molar-refractivity contribution in [3.63, 3.8) is 0 Å². The molecule has 0 saturated heterocycles. The van der Waals surface area contributed by atoms with Crippen LogP contribution < -0.4 is 5.32 Å². The van der Waals surface area contributed by atoms with Crippen LogP contribution in [0.3, 0.4) is 0 Å². The van der Waals surface area contributed by atoms with Gasteiger partial charge >= 0.3 is 0 Å². The van der Waals surface area contributed by atoms with Gasteiger partial charge in [-0.25, -0.2) is 8.78 Å². The molecule has 0 spiro atoms. The fourth-order valence-electron chi connectivity index (χ4n) is 1.83. The summed E-state index contributed by atoms with van der Waals surface area (Å²) in [5.74, 6) is 0. The van der Waals surface area contributed by atoms with Crippen LogP contribution in [0.1, 0.15) is 11.1 Å².